The van der Waals surface area contributed by atoms with Crippen molar-refractivity contribution in [2.75, 3.05) is 12.4 Å². The Kier molecular flexibility index (Phi) is 6.10. The number of carbonyl (C=O) groups excluding carboxylic acids is 1. The van der Waals surface area contributed by atoms with E-state index in [4.69, 9.17) is 4.74 Å². The molecule has 0 spiro atoms. The average molecular weight is 436 g/mol. The Morgan fingerprint density at radius 3 is 2.55 bits per heavy atom. The molecule has 3 aromatic rings. The maximum absolute atomic E-state index is 13.4. The van der Waals surface area contributed by atoms with E-state index in [1.54, 1.807) is 39.0 Å². The van der Waals surface area contributed by atoms with Gasteiger partial charge in [0.2, 0.25) is 5.91 Å². The van der Waals surface area contributed by atoms with Crippen molar-refractivity contribution < 1.29 is 22.7 Å². The second-order valence-electron chi connectivity index (χ2n) is 7.46. The summed E-state index contributed by atoms with van der Waals surface area (Å²) >= 11 is 0. The van der Waals surface area contributed by atoms with Crippen LogP contribution in [0.25, 0.3) is 11.0 Å². The topological polar surface area (TPSA) is 78.1 Å². The maximum atomic E-state index is 13.4. The minimum absolute atomic E-state index is 0.0954. The van der Waals surface area contributed by atoms with E-state index in [-0.39, 0.29) is 35.9 Å². The second kappa shape index (κ2) is 8.44. The summed E-state index contributed by atoms with van der Waals surface area (Å²) in [6, 6.07) is 5.51. The van der Waals surface area contributed by atoms with Crippen LogP contribution in [-0.4, -0.2) is 27.4 Å². The molecule has 166 valence electrons. The van der Waals surface area contributed by atoms with Gasteiger partial charge >= 0.3 is 6.18 Å². The molecule has 0 atom stereocenters. The summed E-state index contributed by atoms with van der Waals surface area (Å²) in [5, 5.41) is 6.75. The Bertz CT molecular complexity index is 1180. The minimum Gasteiger partial charge on any atom is -0.497 e. The number of pyridine rings is 1. The summed E-state index contributed by atoms with van der Waals surface area (Å²) in [4.78, 5) is 24.9. The van der Waals surface area contributed by atoms with Crippen LogP contribution >= 0.6 is 0 Å². The van der Waals surface area contributed by atoms with Gasteiger partial charge in [0, 0.05) is 42.3 Å². The number of amides is 1. The van der Waals surface area contributed by atoms with Gasteiger partial charge in [0.25, 0.3) is 5.56 Å². The number of benzene rings is 1. The smallest absolute Gasteiger partial charge is 0.417 e. The van der Waals surface area contributed by atoms with Crippen molar-refractivity contribution in [1.82, 2.24) is 14.3 Å². The number of halogens is 3. The van der Waals surface area contributed by atoms with Crippen molar-refractivity contribution in [3.63, 3.8) is 0 Å². The molecule has 1 aromatic carbocycles. The fourth-order valence-corrected chi connectivity index (χ4v) is 3.20. The van der Waals surface area contributed by atoms with E-state index in [0.29, 0.717) is 17.5 Å². The van der Waals surface area contributed by atoms with Crippen LogP contribution in [0, 0.1) is 6.92 Å². The maximum Gasteiger partial charge on any atom is 0.417 e. The lowest BCUT2D eigenvalue weighted by Crippen LogP contribution is -2.25. The number of carbonyl (C=O) groups is 1. The molecule has 1 amide bonds. The Morgan fingerprint density at radius 1 is 1.26 bits per heavy atom. The van der Waals surface area contributed by atoms with Gasteiger partial charge in [-0.3, -0.25) is 18.8 Å². The predicted octanol–water partition coefficient (Wildman–Crippen LogP) is 4.14. The summed E-state index contributed by atoms with van der Waals surface area (Å²) in [7, 11) is 1.54. The molecule has 10 heteroatoms. The van der Waals surface area contributed by atoms with Gasteiger partial charge in [0.1, 0.15) is 5.75 Å². The summed E-state index contributed by atoms with van der Waals surface area (Å²) in [5.74, 6) is 0.270. The van der Waals surface area contributed by atoms with Crippen molar-refractivity contribution >= 4 is 22.6 Å². The van der Waals surface area contributed by atoms with E-state index >= 15 is 0 Å². The number of methoxy groups -OCH3 is 1. The molecule has 1 N–H and O–H groups in total. The molecule has 2 heterocycles. The molecule has 0 saturated carbocycles. The minimum atomic E-state index is -4.69. The molecule has 0 aliphatic carbocycles. The van der Waals surface area contributed by atoms with E-state index in [2.05, 4.69) is 10.4 Å². The molecule has 0 aliphatic rings. The van der Waals surface area contributed by atoms with E-state index in [1.807, 2.05) is 0 Å². The lowest BCUT2D eigenvalue weighted by molar-refractivity contribution is -0.136. The van der Waals surface area contributed by atoms with E-state index in [1.165, 1.54) is 18.0 Å². The third-order valence-electron chi connectivity index (χ3n) is 4.90. The van der Waals surface area contributed by atoms with Gasteiger partial charge in [-0.05, 0) is 44.5 Å². The number of nitrogens with one attached hydrogen (secondary N) is 1. The van der Waals surface area contributed by atoms with Crippen LogP contribution < -0.4 is 15.6 Å². The number of fused-ring (bicyclic) bond motifs is 1. The first-order chi connectivity index (χ1) is 14.5. The number of nitrogens with zero attached hydrogens (tertiary/aromatic N) is 3. The second-order valence-corrected chi connectivity index (χ2v) is 7.46. The molecule has 0 aliphatic heterocycles. The number of rotatable bonds is 6. The summed E-state index contributed by atoms with van der Waals surface area (Å²) in [6.45, 7) is 5.24. The third kappa shape index (κ3) is 4.73. The van der Waals surface area contributed by atoms with Crippen molar-refractivity contribution in [2.24, 2.45) is 0 Å². The summed E-state index contributed by atoms with van der Waals surface area (Å²) in [5.41, 5.74) is -0.615. The molecule has 0 unspecified atom stereocenters. The number of hydrogen-bond donors (Lipinski definition) is 1. The van der Waals surface area contributed by atoms with Crippen LogP contribution in [0.3, 0.4) is 0 Å². The highest BCUT2D eigenvalue weighted by Crippen LogP contribution is 2.34. The van der Waals surface area contributed by atoms with Crippen LogP contribution in [0.15, 0.2) is 35.3 Å². The molecular weight excluding hydrogens is 413 g/mol. The van der Waals surface area contributed by atoms with Crippen molar-refractivity contribution in [1.29, 1.82) is 0 Å². The summed E-state index contributed by atoms with van der Waals surface area (Å²) < 4.78 is 47.9. The molecule has 0 radical (unpaired) electrons. The highest BCUT2D eigenvalue weighted by atomic mass is 19.4. The monoisotopic (exact) mass is 436 g/mol. The van der Waals surface area contributed by atoms with E-state index < -0.39 is 17.3 Å². The number of aromatic nitrogens is 3. The Balaban J connectivity index is 1.88. The zero-order valence-electron chi connectivity index (χ0n) is 17.6. The van der Waals surface area contributed by atoms with Gasteiger partial charge in [-0.25, -0.2) is 0 Å². The zero-order valence-corrected chi connectivity index (χ0v) is 17.6. The number of ether oxygens (including phenoxy) is 1. The van der Waals surface area contributed by atoms with E-state index in [9.17, 15) is 22.8 Å². The van der Waals surface area contributed by atoms with E-state index in [0.717, 1.165) is 10.1 Å². The van der Waals surface area contributed by atoms with Gasteiger partial charge in [-0.2, -0.15) is 18.3 Å². The Morgan fingerprint density at radius 2 is 1.97 bits per heavy atom. The SMILES string of the molecule is COc1ccc(NC(=O)CCn2c(=O)cc(C(F)(F)F)c3cn(C(C)C)nc32)c(C)c1. The van der Waals surface area contributed by atoms with Crippen LogP contribution in [0.1, 0.15) is 37.4 Å². The van der Waals surface area contributed by atoms with Crippen molar-refractivity contribution in [2.45, 2.75) is 46.0 Å². The van der Waals surface area contributed by atoms with Crippen molar-refractivity contribution in [3.8, 4) is 5.75 Å². The lowest BCUT2D eigenvalue weighted by atomic mass is 10.1. The largest absolute Gasteiger partial charge is 0.497 e. The van der Waals surface area contributed by atoms with Gasteiger partial charge < -0.3 is 10.1 Å². The highest BCUT2D eigenvalue weighted by molar-refractivity contribution is 5.91. The number of alkyl halides is 3. The van der Waals surface area contributed by atoms with Gasteiger partial charge in [0.15, 0.2) is 5.65 Å². The molecule has 0 bridgehead atoms. The molecule has 0 saturated heterocycles. The first kappa shape index (κ1) is 22.4. The van der Waals surface area contributed by atoms with Crippen LogP contribution in [0.2, 0.25) is 0 Å². The highest BCUT2D eigenvalue weighted by Gasteiger charge is 2.35. The standard InChI is InChI=1S/C21H23F3N4O3/c1-12(2)28-11-15-16(21(22,23)24)10-19(30)27(20(15)26-28)8-7-18(29)25-17-6-5-14(31-4)9-13(17)3/h5-6,9-12H,7-8H2,1-4H3,(H,25,29). The first-order valence-corrected chi connectivity index (χ1v) is 9.65. The van der Waals surface area contributed by atoms with Gasteiger partial charge in [-0.1, -0.05) is 0 Å². The zero-order chi connectivity index (χ0) is 22.9. The summed E-state index contributed by atoms with van der Waals surface area (Å²) in [6.07, 6.45) is -3.52. The molecule has 2 aromatic heterocycles. The molecule has 3 rings (SSSR count). The van der Waals surface area contributed by atoms with Crippen LogP contribution in [0.4, 0.5) is 18.9 Å². The predicted molar refractivity (Wildman–Crippen MR) is 110 cm³/mol. The Hall–Kier alpha value is -3.30. The quantitative estimate of drug-likeness (QED) is 0.630. The van der Waals surface area contributed by atoms with Crippen LogP contribution in [0.5, 0.6) is 5.75 Å². The molecule has 0 fully saturated rings. The lowest BCUT2D eigenvalue weighted by Gasteiger charge is -2.12. The number of anilines is 1. The molecule has 31 heavy (non-hydrogen) atoms. The first-order valence-electron chi connectivity index (χ1n) is 9.65. The van der Waals surface area contributed by atoms with Crippen molar-refractivity contribution in [3.05, 3.63) is 51.9 Å². The average Bonchev–Trinajstić information content (AvgIpc) is 3.12. The van der Waals surface area contributed by atoms with Crippen LogP contribution in [-0.2, 0) is 17.5 Å². The molecular formula is C21H23F3N4O3. The Labute approximate surface area is 176 Å². The third-order valence-corrected chi connectivity index (χ3v) is 4.90. The fourth-order valence-electron chi connectivity index (χ4n) is 3.20. The van der Waals surface area contributed by atoms with Gasteiger partial charge in [-0.15, -0.1) is 0 Å². The van der Waals surface area contributed by atoms with Gasteiger partial charge in [0.05, 0.1) is 12.7 Å². The number of aryl methyl sites for hydroxylation is 2. The molecule has 7 nitrogen and oxygen atoms in total. The normalized spacial score (nSPS) is 11.9. The number of hydrogen-bond acceptors (Lipinski definition) is 4. The fraction of sp³-hybridized carbons (Fsp3) is 0.381.